The lowest BCUT2D eigenvalue weighted by atomic mass is 10.2. The van der Waals surface area contributed by atoms with Crippen LogP contribution in [0.5, 0.6) is 0 Å². The fourth-order valence-corrected chi connectivity index (χ4v) is 2.32. The highest BCUT2D eigenvalue weighted by Crippen LogP contribution is 2.21. The van der Waals surface area contributed by atoms with Crippen LogP contribution in [0.1, 0.15) is 35.9 Å². The van der Waals surface area contributed by atoms with Crippen molar-refractivity contribution < 1.29 is 17.6 Å². The van der Waals surface area contributed by atoms with Crippen molar-refractivity contribution in [3.05, 3.63) is 17.4 Å². The summed E-state index contributed by atoms with van der Waals surface area (Å²) in [5.74, 6) is -0.00988. The summed E-state index contributed by atoms with van der Waals surface area (Å²) >= 11 is 0. The average molecular weight is 288 g/mol. The topological polar surface area (TPSA) is 79.6 Å². The summed E-state index contributed by atoms with van der Waals surface area (Å²) in [6.45, 7) is 4.16. The molecule has 0 fully saturated rings. The van der Waals surface area contributed by atoms with Gasteiger partial charge < -0.3 is 9.73 Å². The summed E-state index contributed by atoms with van der Waals surface area (Å²) in [4.78, 5) is 11.9. The Kier molecular flexibility index (Phi) is 5.13. The van der Waals surface area contributed by atoms with Crippen molar-refractivity contribution >= 4 is 15.9 Å². The van der Waals surface area contributed by atoms with Crippen LogP contribution in [0.3, 0.4) is 0 Å². The molecular weight excluding hydrogens is 268 g/mol. The molecule has 0 aliphatic heterocycles. The van der Waals surface area contributed by atoms with Crippen LogP contribution in [0.15, 0.2) is 15.6 Å². The Morgan fingerprint density at radius 1 is 1.42 bits per heavy atom. The van der Waals surface area contributed by atoms with Crippen LogP contribution in [-0.2, 0) is 10.0 Å². The monoisotopic (exact) mass is 288 g/mol. The van der Waals surface area contributed by atoms with Gasteiger partial charge in [0.25, 0.3) is 15.9 Å². The van der Waals surface area contributed by atoms with Crippen molar-refractivity contribution in [1.82, 2.24) is 9.62 Å². The molecule has 0 aromatic carbocycles. The van der Waals surface area contributed by atoms with Crippen LogP contribution in [0, 0.1) is 6.92 Å². The summed E-state index contributed by atoms with van der Waals surface area (Å²) in [6, 6.07) is 1.27. The molecule has 0 radical (unpaired) electrons. The second-order valence-electron chi connectivity index (χ2n) is 4.43. The Morgan fingerprint density at radius 2 is 2.05 bits per heavy atom. The van der Waals surface area contributed by atoms with Crippen LogP contribution < -0.4 is 5.32 Å². The third kappa shape index (κ3) is 3.57. The summed E-state index contributed by atoms with van der Waals surface area (Å²) < 4.78 is 30.0. The number of hydrogen-bond acceptors (Lipinski definition) is 4. The molecule has 19 heavy (non-hydrogen) atoms. The molecule has 7 heteroatoms. The Hall–Kier alpha value is -1.34. The van der Waals surface area contributed by atoms with Gasteiger partial charge >= 0.3 is 0 Å². The van der Waals surface area contributed by atoms with E-state index < -0.39 is 10.0 Å². The maximum atomic E-state index is 11.9. The number of aryl methyl sites for hydroxylation is 1. The minimum atomic E-state index is -3.65. The van der Waals surface area contributed by atoms with E-state index in [2.05, 4.69) is 5.32 Å². The quantitative estimate of drug-likeness (QED) is 0.802. The predicted octanol–water partition coefficient (Wildman–Crippen LogP) is 1.37. The lowest BCUT2D eigenvalue weighted by Gasteiger charge is -2.07. The zero-order valence-electron chi connectivity index (χ0n) is 11.7. The second kappa shape index (κ2) is 6.21. The van der Waals surface area contributed by atoms with Crippen LogP contribution in [0.25, 0.3) is 0 Å². The molecule has 1 amide bonds. The minimum Gasteiger partial charge on any atom is -0.448 e. The van der Waals surface area contributed by atoms with Gasteiger partial charge in [-0.1, -0.05) is 13.3 Å². The van der Waals surface area contributed by atoms with E-state index in [1.807, 2.05) is 6.92 Å². The molecule has 6 nitrogen and oxygen atoms in total. The fourth-order valence-electron chi connectivity index (χ4n) is 1.46. The maximum Gasteiger partial charge on any atom is 0.275 e. The predicted molar refractivity (Wildman–Crippen MR) is 71.6 cm³/mol. The number of rotatable bonds is 6. The summed E-state index contributed by atoms with van der Waals surface area (Å²) in [7, 11) is -0.829. The zero-order valence-corrected chi connectivity index (χ0v) is 12.5. The maximum absolute atomic E-state index is 11.9. The van der Waals surface area contributed by atoms with Crippen molar-refractivity contribution in [2.45, 2.75) is 31.8 Å². The number of nitrogens with zero attached hydrogens (tertiary/aromatic N) is 1. The number of nitrogens with one attached hydrogen (secondary N) is 1. The van der Waals surface area contributed by atoms with Crippen molar-refractivity contribution in [2.75, 3.05) is 20.6 Å². The standard InChI is InChI=1S/C12H20N2O4S/c1-5-6-7-13-12(15)10-8-11(18-9(10)2)19(16,17)14(3)4/h8H,5-7H2,1-4H3,(H,13,15). The molecule has 0 saturated heterocycles. The lowest BCUT2D eigenvalue weighted by Crippen LogP contribution is -2.24. The van der Waals surface area contributed by atoms with Gasteiger partial charge in [-0.15, -0.1) is 0 Å². The van der Waals surface area contributed by atoms with E-state index in [0.717, 1.165) is 17.1 Å². The molecule has 1 aromatic heterocycles. The third-order valence-electron chi connectivity index (χ3n) is 2.69. The Bertz CT molecular complexity index is 546. The van der Waals surface area contributed by atoms with Crippen molar-refractivity contribution in [3.63, 3.8) is 0 Å². The molecule has 1 heterocycles. The molecule has 1 N–H and O–H groups in total. The number of furan rings is 1. The molecule has 0 atom stereocenters. The molecule has 108 valence electrons. The molecule has 1 rings (SSSR count). The Morgan fingerprint density at radius 3 is 2.58 bits per heavy atom. The number of sulfonamides is 1. The third-order valence-corrected chi connectivity index (χ3v) is 4.36. The number of unbranched alkanes of at least 4 members (excludes halogenated alkanes) is 1. The van der Waals surface area contributed by atoms with Crippen LogP contribution in [0.4, 0.5) is 0 Å². The van der Waals surface area contributed by atoms with Crippen LogP contribution >= 0.6 is 0 Å². The number of carbonyl (C=O) groups excluding carboxylic acids is 1. The first kappa shape index (κ1) is 15.7. The molecule has 0 aliphatic carbocycles. The SMILES string of the molecule is CCCCNC(=O)c1cc(S(=O)(=O)N(C)C)oc1C. The highest BCUT2D eigenvalue weighted by Gasteiger charge is 2.25. The van der Waals surface area contributed by atoms with Gasteiger partial charge in [0.05, 0.1) is 5.56 Å². The number of amides is 1. The lowest BCUT2D eigenvalue weighted by molar-refractivity contribution is 0.0951. The second-order valence-corrected chi connectivity index (χ2v) is 6.51. The van der Waals surface area contributed by atoms with Crippen molar-refractivity contribution in [2.24, 2.45) is 0 Å². The minimum absolute atomic E-state index is 0.212. The first-order valence-corrected chi connectivity index (χ1v) is 7.55. The van der Waals surface area contributed by atoms with Gasteiger partial charge in [-0.05, 0) is 13.3 Å². The summed E-state index contributed by atoms with van der Waals surface area (Å²) in [6.07, 6.45) is 1.86. The van der Waals surface area contributed by atoms with Gasteiger partial charge in [-0.25, -0.2) is 12.7 Å². The normalized spacial score (nSPS) is 11.8. The summed E-state index contributed by atoms with van der Waals surface area (Å²) in [5.41, 5.74) is 0.261. The molecule has 0 saturated carbocycles. The van der Waals surface area contributed by atoms with Gasteiger partial charge in [0.15, 0.2) is 0 Å². The van der Waals surface area contributed by atoms with Gasteiger partial charge in [0.1, 0.15) is 5.76 Å². The highest BCUT2D eigenvalue weighted by molar-refractivity contribution is 7.88. The van der Waals surface area contributed by atoms with E-state index in [-0.39, 0.29) is 16.6 Å². The number of hydrogen-bond donors (Lipinski definition) is 1. The fraction of sp³-hybridized carbons (Fsp3) is 0.583. The van der Waals surface area contributed by atoms with Crippen LogP contribution in [-0.4, -0.2) is 39.3 Å². The zero-order chi connectivity index (χ0) is 14.6. The van der Waals surface area contributed by atoms with Gasteiger partial charge in [-0.3, -0.25) is 4.79 Å². The Labute approximate surface area is 113 Å². The van der Waals surface area contributed by atoms with E-state index in [1.54, 1.807) is 6.92 Å². The Balaban J connectivity index is 2.94. The first-order chi connectivity index (χ1) is 8.80. The smallest absolute Gasteiger partial charge is 0.275 e. The first-order valence-electron chi connectivity index (χ1n) is 6.11. The largest absolute Gasteiger partial charge is 0.448 e. The van der Waals surface area contributed by atoms with E-state index in [1.165, 1.54) is 20.2 Å². The molecule has 1 aromatic rings. The van der Waals surface area contributed by atoms with Gasteiger partial charge in [0, 0.05) is 26.7 Å². The molecular formula is C12H20N2O4S. The molecule has 0 aliphatic rings. The molecule has 0 bridgehead atoms. The molecule has 0 spiro atoms. The highest BCUT2D eigenvalue weighted by atomic mass is 32.2. The van der Waals surface area contributed by atoms with Crippen molar-refractivity contribution in [1.29, 1.82) is 0 Å². The van der Waals surface area contributed by atoms with Crippen molar-refractivity contribution in [3.8, 4) is 0 Å². The molecule has 0 unspecified atom stereocenters. The van der Waals surface area contributed by atoms with Gasteiger partial charge in [0.2, 0.25) is 5.09 Å². The summed E-state index contributed by atoms with van der Waals surface area (Å²) in [5, 5.41) is 2.51. The van der Waals surface area contributed by atoms with E-state index in [4.69, 9.17) is 4.42 Å². The van der Waals surface area contributed by atoms with E-state index >= 15 is 0 Å². The number of carbonyl (C=O) groups is 1. The van der Waals surface area contributed by atoms with E-state index in [9.17, 15) is 13.2 Å². The van der Waals surface area contributed by atoms with Crippen LogP contribution in [0.2, 0.25) is 0 Å². The average Bonchev–Trinajstić information content (AvgIpc) is 2.72. The van der Waals surface area contributed by atoms with Gasteiger partial charge in [-0.2, -0.15) is 0 Å². The van der Waals surface area contributed by atoms with E-state index in [0.29, 0.717) is 12.3 Å².